The van der Waals surface area contributed by atoms with Crippen molar-refractivity contribution in [1.29, 1.82) is 0 Å². The molecular formula is C17H22N4O3. The molecule has 0 radical (unpaired) electrons. The van der Waals surface area contributed by atoms with Gasteiger partial charge in [-0.05, 0) is 19.1 Å². The molecular weight excluding hydrogens is 308 g/mol. The van der Waals surface area contributed by atoms with Gasteiger partial charge in [0.05, 0.1) is 12.9 Å². The predicted molar refractivity (Wildman–Crippen MR) is 89.2 cm³/mol. The van der Waals surface area contributed by atoms with E-state index in [2.05, 4.69) is 10.3 Å². The fourth-order valence-corrected chi connectivity index (χ4v) is 2.62. The number of ether oxygens (including phenoxy) is 2. The van der Waals surface area contributed by atoms with Crippen molar-refractivity contribution in [2.45, 2.75) is 25.6 Å². The summed E-state index contributed by atoms with van der Waals surface area (Å²) in [6.07, 6.45) is 5.15. The summed E-state index contributed by atoms with van der Waals surface area (Å²) in [5.74, 6) is 1.46. The van der Waals surface area contributed by atoms with Gasteiger partial charge in [-0.3, -0.25) is 0 Å². The maximum atomic E-state index is 12.3. The Bertz CT molecular complexity index is 674. The highest BCUT2D eigenvalue weighted by Crippen LogP contribution is 2.30. The van der Waals surface area contributed by atoms with Crippen LogP contribution in [0.3, 0.4) is 0 Å². The zero-order chi connectivity index (χ0) is 16.9. The SMILES string of the molecule is C[C@@H](Cn1ccnc1)NC(=O)N(C)C[C@H]1COc2ccccc2O1. The molecule has 0 aliphatic carbocycles. The lowest BCUT2D eigenvalue weighted by Gasteiger charge is -2.30. The summed E-state index contributed by atoms with van der Waals surface area (Å²) in [4.78, 5) is 17.9. The van der Waals surface area contributed by atoms with Gasteiger partial charge in [-0.1, -0.05) is 12.1 Å². The Hall–Kier alpha value is -2.70. The van der Waals surface area contributed by atoms with Crippen molar-refractivity contribution in [2.75, 3.05) is 20.2 Å². The predicted octanol–water partition coefficient (Wildman–Crippen LogP) is 1.75. The quantitative estimate of drug-likeness (QED) is 0.907. The van der Waals surface area contributed by atoms with Gasteiger partial charge in [0.1, 0.15) is 6.61 Å². The Kier molecular flexibility index (Phi) is 4.88. The van der Waals surface area contributed by atoms with E-state index in [1.54, 1.807) is 24.5 Å². The molecule has 0 saturated heterocycles. The number of nitrogens with one attached hydrogen (secondary N) is 1. The van der Waals surface area contributed by atoms with Gasteiger partial charge >= 0.3 is 6.03 Å². The molecule has 0 fully saturated rings. The van der Waals surface area contributed by atoms with Gasteiger partial charge in [-0.25, -0.2) is 9.78 Å². The van der Waals surface area contributed by atoms with Crippen LogP contribution in [0, 0.1) is 0 Å². The number of likely N-dealkylation sites (N-methyl/N-ethyl adjacent to an activating group) is 1. The van der Waals surface area contributed by atoms with Crippen LogP contribution in [0.4, 0.5) is 4.79 Å². The second kappa shape index (κ2) is 7.25. The largest absolute Gasteiger partial charge is 0.486 e. The van der Waals surface area contributed by atoms with Gasteiger partial charge < -0.3 is 24.3 Å². The number of nitrogens with zero attached hydrogens (tertiary/aromatic N) is 3. The molecule has 2 amide bonds. The Balaban J connectivity index is 1.48. The maximum absolute atomic E-state index is 12.3. The smallest absolute Gasteiger partial charge is 0.317 e. The number of hydrogen-bond acceptors (Lipinski definition) is 4. The van der Waals surface area contributed by atoms with Crippen LogP contribution in [-0.2, 0) is 6.54 Å². The maximum Gasteiger partial charge on any atom is 0.317 e. The molecule has 1 aromatic carbocycles. The number of para-hydroxylation sites is 2. The monoisotopic (exact) mass is 330 g/mol. The number of imidazole rings is 1. The third-order valence-electron chi connectivity index (χ3n) is 3.81. The average Bonchev–Trinajstić information content (AvgIpc) is 3.07. The molecule has 1 aliphatic rings. The van der Waals surface area contributed by atoms with Gasteiger partial charge in [-0.2, -0.15) is 0 Å². The molecule has 0 spiro atoms. The molecule has 128 valence electrons. The van der Waals surface area contributed by atoms with E-state index in [0.29, 0.717) is 19.7 Å². The molecule has 7 nitrogen and oxygen atoms in total. The van der Waals surface area contributed by atoms with Crippen LogP contribution in [0.1, 0.15) is 6.92 Å². The lowest BCUT2D eigenvalue weighted by atomic mass is 10.2. The van der Waals surface area contributed by atoms with E-state index in [4.69, 9.17) is 9.47 Å². The third kappa shape index (κ3) is 3.98. The van der Waals surface area contributed by atoms with E-state index in [-0.39, 0.29) is 18.2 Å². The standard InChI is InChI=1S/C17H22N4O3/c1-13(9-21-8-7-18-12-21)19-17(22)20(2)10-14-11-23-15-5-3-4-6-16(15)24-14/h3-8,12-14H,9-11H2,1-2H3,(H,19,22)/t13-,14-/m0/s1. The van der Waals surface area contributed by atoms with Crippen LogP contribution in [-0.4, -0.2) is 52.8 Å². The lowest BCUT2D eigenvalue weighted by Crippen LogP contribution is -2.48. The normalized spacial score (nSPS) is 17.2. The molecule has 2 atom stereocenters. The molecule has 0 bridgehead atoms. The van der Waals surface area contributed by atoms with Gasteiger partial charge in [0.15, 0.2) is 17.6 Å². The molecule has 1 aliphatic heterocycles. The summed E-state index contributed by atoms with van der Waals surface area (Å²) >= 11 is 0. The zero-order valence-electron chi connectivity index (χ0n) is 13.9. The number of amides is 2. The highest BCUT2D eigenvalue weighted by atomic mass is 16.6. The molecule has 3 rings (SSSR count). The lowest BCUT2D eigenvalue weighted by molar-refractivity contribution is 0.0712. The number of benzene rings is 1. The Morgan fingerprint density at radius 2 is 2.25 bits per heavy atom. The summed E-state index contributed by atoms with van der Waals surface area (Å²) in [6, 6.07) is 7.42. The Morgan fingerprint density at radius 1 is 1.46 bits per heavy atom. The van der Waals surface area contributed by atoms with Crippen LogP contribution in [0.2, 0.25) is 0 Å². The van der Waals surface area contributed by atoms with Crippen LogP contribution in [0.15, 0.2) is 43.0 Å². The van der Waals surface area contributed by atoms with E-state index in [0.717, 1.165) is 11.5 Å². The van der Waals surface area contributed by atoms with Crippen molar-refractivity contribution < 1.29 is 14.3 Å². The molecule has 2 heterocycles. The van der Waals surface area contributed by atoms with E-state index >= 15 is 0 Å². The minimum atomic E-state index is -0.181. The Labute approximate surface area is 141 Å². The van der Waals surface area contributed by atoms with Crippen LogP contribution in [0.25, 0.3) is 0 Å². The summed E-state index contributed by atoms with van der Waals surface area (Å²) in [5, 5.41) is 2.97. The minimum absolute atomic E-state index is 0.00148. The first-order valence-electron chi connectivity index (χ1n) is 7.97. The number of fused-ring (bicyclic) bond motifs is 1. The summed E-state index contributed by atoms with van der Waals surface area (Å²) in [6.45, 7) is 3.52. The van der Waals surface area contributed by atoms with Crippen molar-refractivity contribution in [3.05, 3.63) is 43.0 Å². The van der Waals surface area contributed by atoms with Gasteiger partial charge in [0.25, 0.3) is 0 Å². The average molecular weight is 330 g/mol. The van der Waals surface area contributed by atoms with Crippen molar-refractivity contribution in [3.8, 4) is 11.5 Å². The molecule has 7 heteroatoms. The van der Waals surface area contributed by atoms with Crippen molar-refractivity contribution in [1.82, 2.24) is 19.8 Å². The summed E-state index contributed by atoms with van der Waals surface area (Å²) < 4.78 is 13.5. The third-order valence-corrected chi connectivity index (χ3v) is 3.81. The van der Waals surface area contributed by atoms with Crippen LogP contribution < -0.4 is 14.8 Å². The molecule has 0 unspecified atom stereocenters. The number of urea groups is 1. The zero-order valence-corrected chi connectivity index (χ0v) is 13.9. The van der Waals surface area contributed by atoms with Crippen molar-refractivity contribution in [2.24, 2.45) is 0 Å². The highest BCUT2D eigenvalue weighted by Gasteiger charge is 2.24. The molecule has 0 saturated carbocycles. The topological polar surface area (TPSA) is 68.6 Å². The molecule has 1 N–H and O–H groups in total. The van der Waals surface area contributed by atoms with Gasteiger partial charge in [-0.15, -0.1) is 0 Å². The number of aromatic nitrogens is 2. The minimum Gasteiger partial charge on any atom is -0.486 e. The van der Waals surface area contributed by atoms with Crippen molar-refractivity contribution in [3.63, 3.8) is 0 Å². The number of carbonyl (C=O) groups is 1. The second-order valence-electron chi connectivity index (χ2n) is 5.99. The first-order valence-corrected chi connectivity index (χ1v) is 7.97. The number of carbonyl (C=O) groups excluding carboxylic acids is 1. The second-order valence-corrected chi connectivity index (χ2v) is 5.99. The first kappa shape index (κ1) is 16.2. The van der Waals surface area contributed by atoms with Crippen LogP contribution >= 0.6 is 0 Å². The molecule has 24 heavy (non-hydrogen) atoms. The van der Waals surface area contributed by atoms with Gasteiger partial charge in [0, 0.05) is 32.0 Å². The van der Waals surface area contributed by atoms with Gasteiger partial charge in [0.2, 0.25) is 0 Å². The van der Waals surface area contributed by atoms with E-state index in [1.807, 2.05) is 42.0 Å². The fourth-order valence-electron chi connectivity index (χ4n) is 2.62. The van der Waals surface area contributed by atoms with Crippen molar-refractivity contribution >= 4 is 6.03 Å². The summed E-state index contributed by atoms with van der Waals surface area (Å²) in [5.41, 5.74) is 0. The number of hydrogen-bond donors (Lipinski definition) is 1. The highest BCUT2D eigenvalue weighted by molar-refractivity contribution is 5.74. The molecule has 1 aromatic heterocycles. The molecule has 2 aromatic rings. The summed E-state index contributed by atoms with van der Waals surface area (Å²) in [7, 11) is 1.75. The van der Waals surface area contributed by atoms with Crippen LogP contribution in [0.5, 0.6) is 11.5 Å². The number of rotatable bonds is 5. The van der Waals surface area contributed by atoms with E-state index in [1.165, 1.54) is 0 Å². The van der Waals surface area contributed by atoms with E-state index < -0.39 is 0 Å². The fraction of sp³-hybridized carbons (Fsp3) is 0.412. The Morgan fingerprint density at radius 3 is 3.00 bits per heavy atom. The first-order chi connectivity index (χ1) is 11.6. The van der Waals surface area contributed by atoms with E-state index in [9.17, 15) is 4.79 Å².